The third-order valence-corrected chi connectivity index (χ3v) is 1.79. The summed E-state index contributed by atoms with van der Waals surface area (Å²) in [6, 6.07) is 2.30. The molecule has 0 bridgehead atoms. The van der Waals surface area contributed by atoms with Crippen molar-refractivity contribution in [1.82, 2.24) is 0 Å². The second kappa shape index (κ2) is 4.99. The standard InChI is InChI=1S/C9H10F3NO2/c10-7-3-5(15-9(11)12)1-2-6(7)8(13)4-14/h1-3,8-9,14H,4,13H2/t8-/m0/s1. The summed E-state index contributed by atoms with van der Waals surface area (Å²) in [5.41, 5.74) is 5.42. The van der Waals surface area contributed by atoms with Crippen molar-refractivity contribution in [2.45, 2.75) is 12.7 Å². The first kappa shape index (κ1) is 11.8. The predicted molar refractivity (Wildman–Crippen MR) is 47.0 cm³/mol. The van der Waals surface area contributed by atoms with Crippen LogP contribution in [-0.2, 0) is 0 Å². The van der Waals surface area contributed by atoms with Gasteiger partial charge in [0.15, 0.2) is 0 Å². The van der Waals surface area contributed by atoms with Crippen LogP contribution in [0, 0.1) is 5.82 Å². The highest BCUT2D eigenvalue weighted by molar-refractivity contribution is 5.30. The van der Waals surface area contributed by atoms with Gasteiger partial charge in [0.25, 0.3) is 0 Å². The Balaban J connectivity index is 2.88. The van der Waals surface area contributed by atoms with Gasteiger partial charge in [0, 0.05) is 11.6 Å². The Bertz CT molecular complexity index is 333. The highest BCUT2D eigenvalue weighted by Gasteiger charge is 2.12. The quantitative estimate of drug-likeness (QED) is 0.808. The van der Waals surface area contributed by atoms with E-state index in [1.807, 2.05) is 0 Å². The molecule has 1 rings (SSSR count). The van der Waals surface area contributed by atoms with Crippen molar-refractivity contribution in [2.24, 2.45) is 5.73 Å². The van der Waals surface area contributed by atoms with E-state index >= 15 is 0 Å². The molecule has 0 fully saturated rings. The fraction of sp³-hybridized carbons (Fsp3) is 0.333. The van der Waals surface area contributed by atoms with E-state index in [0.29, 0.717) is 0 Å². The first-order chi connectivity index (χ1) is 7.04. The molecule has 6 heteroatoms. The molecule has 84 valence electrons. The maximum Gasteiger partial charge on any atom is 0.387 e. The van der Waals surface area contributed by atoms with Crippen molar-refractivity contribution in [2.75, 3.05) is 6.61 Å². The van der Waals surface area contributed by atoms with Crippen LogP contribution in [-0.4, -0.2) is 18.3 Å². The van der Waals surface area contributed by atoms with Crippen LogP contribution in [0.25, 0.3) is 0 Å². The van der Waals surface area contributed by atoms with E-state index in [4.69, 9.17) is 10.8 Å². The summed E-state index contributed by atoms with van der Waals surface area (Å²) in [4.78, 5) is 0. The number of aliphatic hydroxyl groups excluding tert-OH is 1. The fourth-order valence-electron chi connectivity index (χ4n) is 1.08. The van der Waals surface area contributed by atoms with Gasteiger partial charge < -0.3 is 15.6 Å². The van der Waals surface area contributed by atoms with Crippen LogP contribution in [0.5, 0.6) is 5.75 Å². The molecular formula is C9H10F3NO2. The van der Waals surface area contributed by atoms with Gasteiger partial charge in [0.1, 0.15) is 11.6 Å². The van der Waals surface area contributed by atoms with E-state index < -0.39 is 25.1 Å². The molecule has 0 saturated heterocycles. The molecule has 0 spiro atoms. The lowest BCUT2D eigenvalue weighted by Gasteiger charge is -2.11. The Morgan fingerprint density at radius 3 is 2.53 bits per heavy atom. The van der Waals surface area contributed by atoms with Crippen LogP contribution in [0.2, 0.25) is 0 Å². The Hall–Kier alpha value is -1.27. The minimum atomic E-state index is -3.00. The van der Waals surface area contributed by atoms with Crippen molar-refractivity contribution in [3.05, 3.63) is 29.6 Å². The molecule has 0 saturated carbocycles. The van der Waals surface area contributed by atoms with Crippen LogP contribution in [0.4, 0.5) is 13.2 Å². The zero-order valence-electron chi connectivity index (χ0n) is 7.66. The Labute approximate surface area is 84.3 Å². The molecule has 1 aromatic rings. The van der Waals surface area contributed by atoms with Crippen LogP contribution in [0.3, 0.4) is 0 Å². The monoisotopic (exact) mass is 221 g/mol. The summed E-state index contributed by atoms with van der Waals surface area (Å²) in [6.07, 6.45) is 0. The Kier molecular flexibility index (Phi) is 3.93. The third-order valence-electron chi connectivity index (χ3n) is 1.79. The molecule has 1 atom stereocenters. The lowest BCUT2D eigenvalue weighted by molar-refractivity contribution is -0.0500. The van der Waals surface area contributed by atoms with E-state index in [-0.39, 0.29) is 11.3 Å². The second-order valence-electron chi connectivity index (χ2n) is 2.85. The number of rotatable bonds is 4. The minimum absolute atomic E-state index is 0.0547. The van der Waals surface area contributed by atoms with Gasteiger partial charge in [-0.3, -0.25) is 0 Å². The van der Waals surface area contributed by atoms with Crippen molar-refractivity contribution in [3.63, 3.8) is 0 Å². The summed E-state index contributed by atoms with van der Waals surface area (Å²) in [5.74, 6) is -1.06. The smallest absolute Gasteiger partial charge is 0.387 e. The SMILES string of the molecule is N[C@@H](CO)c1ccc(OC(F)F)cc1F. The first-order valence-electron chi connectivity index (χ1n) is 4.15. The number of benzene rings is 1. The fourth-order valence-corrected chi connectivity index (χ4v) is 1.08. The van der Waals surface area contributed by atoms with Gasteiger partial charge >= 0.3 is 6.61 Å². The molecule has 0 amide bonds. The molecule has 1 aromatic carbocycles. The molecule has 0 heterocycles. The van der Waals surface area contributed by atoms with E-state index in [0.717, 1.165) is 6.07 Å². The highest BCUT2D eigenvalue weighted by atomic mass is 19.3. The van der Waals surface area contributed by atoms with Crippen molar-refractivity contribution < 1.29 is 23.0 Å². The summed E-state index contributed by atoms with van der Waals surface area (Å²) in [5, 5.41) is 8.68. The number of hydrogen-bond donors (Lipinski definition) is 2. The number of nitrogens with two attached hydrogens (primary N) is 1. The van der Waals surface area contributed by atoms with Crippen molar-refractivity contribution in [3.8, 4) is 5.75 Å². The second-order valence-corrected chi connectivity index (χ2v) is 2.85. The summed E-state index contributed by atoms with van der Waals surface area (Å²) in [6.45, 7) is -3.42. The van der Waals surface area contributed by atoms with Crippen LogP contribution >= 0.6 is 0 Å². The Morgan fingerprint density at radius 2 is 2.07 bits per heavy atom. The largest absolute Gasteiger partial charge is 0.435 e. The first-order valence-corrected chi connectivity index (χ1v) is 4.15. The van der Waals surface area contributed by atoms with Crippen molar-refractivity contribution in [1.29, 1.82) is 0 Å². The minimum Gasteiger partial charge on any atom is -0.435 e. The topological polar surface area (TPSA) is 55.5 Å². The summed E-state index contributed by atoms with van der Waals surface area (Å²) >= 11 is 0. The maximum absolute atomic E-state index is 13.2. The number of aliphatic hydroxyl groups is 1. The Morgan fingerprint density at radius 1 is 1.40 bits per heavy atom. The van der Waals surface area contributed by atoms with Crippen molar-refractivity contribution >= 4 is 0 Å². The number of ether oxygens (including phenoxy) is 1. The normalized spacial score (nSPS) is 12.9. The lowest BCUT2D eigenvalue weighted by Crippen LogP contribution is -2.16. The van der Waals surface area contributed by atoms with Gasteiger partial charge in [0.2, 0.25) is 0 Å². The van der Waals surface area contributed by atoms with E-state index in [1.54, 1.807) is 0 Å². The average Bonchev–Trinajstić information content (AvgIpc) is 2.16. The lowest BCUT2D eigenvalue weighted by atomic mass is 10.1. The van der Waals surface area contributed by atoms with Gasteiger partial charge in [-0.1, -0.05) is 6.07 Å². The molecule has 0 aromatic heterocycles. The number of hydrogen-bond acceptors (Lipinski definition) is 3. The molecule has 3 N–H and O–H groups in total. The molecule has 0 aliphatic carbocycles. The predicted octanol–water partition coefficient (Wildman–Crippen LogP) is 1.42. The molecule has 3 nitrogen and oxygen atoms in total. The summed E-state index contributed by atoms with van der Waals surface area (Å²) in [7, 11) is 0. The number of halogens is 3. The summed E-state index contributed by atoms with van der Waals surface area (Å²) < 4.78 is 40.7. The van der Waals surface area contributed by atoms with Crippen LogP contribution < -0.4 is 10.5 Å². The number of alkyl halides is 2. The van der Waals surface area contributed by atoms with Gasteiger partial charge in [-0.25, -0.2) is 4.39 Å². The van der Waals surface area contributed by atoms with E-state index in [2.05, 4.69) is 4.74 Å². The van der Waals surface area contributed by atoms with Gasteiger partial charge in [-0.15, -0.1) is 0 Å². The molecular weight excluding hydrogens is 211 g/mol. The zero-order chi connectivity index (χ0) is 11.4. The van der Waals surface area contributed by atoms with E-state index in [9.17, 15) is 13.2 Å². The molecule has 0 unspecified atom stereocenters. The molecule has 0 radical (unpaired) electrons. The van der Waals surface area contributed by atoms with Gasteiger partial charge in [0.05, 0.1) is 12.6 Å². The molecule has 0 aliphatic heterocycles. The van der Waals surface area contributed by atoms with Crippen LogP contribution in [0.15, 0.2) is 18.2 Å². The van der Waals surface area contributed by atoms with Crippen LogP contribution in [0.1, 0.15) is 11.6 Å². The molecule has 15 heavy (non-hydrogen) atoms. The zero-order valence-corrected chi connectivity index (χ0v) is 7.66. The van der Waals surface area contributed by atoms with E-state index in [1.165, 1.54) is 12.1 Å². The van der Waals surface area contributed by atoms with Gasteiger partial charge in [-0.2, -0.15) is 8.78 Å². The molecule has 0 aliphatic rings. The van der Waals surface area contributed by atoms with Gasteiger partial charge in [-0.05, 0) is 6.07 Å². The third kappa shape index (κ3) is 3.10. The maximum atomic E-state index is 13.2. The average molecular weight is 221 g/mol. The highest BCUT2D eigenvalue weighted by Crippen LogP contribution is 2.21.